The zero-order chi connectivity index (χ0) is 15.3. The Morgan fingerprint density at radius 1 is 1.00 bits per heavy atom. The van der Waals surface area contributed by atoms with Crippen molar-refractivity contribution >= 4 is 0 Å². The topological polar surface area (TPSA) is 12.0 Å². The Hall–Kier alpha value is -0.890. The first-order valence-electron chi connectivity index (χ1n) is 8.74. The van der Waals surface area contributed by atoms with Crippen LogP contribution in [0.5, 0.6) is 0 Å². The van der Waals surface area contributed by atoms with E-state index in [1.165, 1.54) is 44.6 Å². The fraction of sp³-hybridized carbons (Fsp3) is 0.684. The fourth-order valence-corrected chi connectivity index (χ4v) is 2.77. The summed E-state index contributed by atoms with van der Waals surface area (Å²) >= 11 is 0. The molecule has 21 heavy (non-hydrogen) atoms. The second-order valence-corrected chi connectivity index (χ2v) is 6.01. The van der Waals surface area contributed by atoms with Gasteiger partial charge in [-0.2, -0.15) is 0 Å². The van der Waals surface area contributed by atoms with E-state index in [1.54, 1.807) is 6.07 Å². The zero-order valence-corrected chi connectivity index (χ0v) is 13.8. The van der Waals surface area contributed by atoms with Crippen molar-refractivity contribution in [2.45, 2.75) is 71.1 Å². The SMILES string of the molecule is CCCCCCCCC(CNCCC)c1cccc(F)c1. The molecule has 1 nitrogen and oxygen atoms in total. The highest BCUT2D eigenvalue weighted by Gasteiger charge is 2.11. The lowest BCUT2D eigenvalue weighted by Crippen LogP contribution is -2.22. The van der Waals surface area contributed by atoms with Gasteiger partial charge in [-0.3, -0.25) is 0 Å². The molecule has 0 bridgehead atoms. The van der Waals surface area contributed by atoms with E-state index in [1.807, 2.05) is 6.07 Å². The predicted molar refractivity (Wildman–Crippen MR) is 90.3 cm³/mol. The largest absolute Gasteiger partial charge is 0.316 e. The minimum absolute atomic E-state index is 0.115. The molecule has 0 aliphatic rings. The molecule has 120 valence electrons. The van der Waals surface area contributed by atoms with Gasteiger partial charge in [0.1, 0.15) is 5.82 Å². The lowest BCUT2D eigenvalue weighted by molar-refractivity contribution is 0.504. The van der Waals surface area contributed by atoms with E-state index in [0.717, 1.165) is 31.5 Å². The van der Waals surface area contributed by atoms with Gasteiger partial charge in [0, 0.05) is 6.54 Å². The molecule has 0 aliphatic heterocycles. The molecule has 0 fully saturated rings. The van der Waals surface area contributed by atoms with Crippen molar-refractivity contribution in [3.63, 3.8) is 0 Å². The highest BCUT2D eigenvalue weighted by atomic mass is 19.1. The lowest BCUT2D eigenvalue weighted by Gasteiger charge is -2.18. The van der Waals surface area contributed by atoms with E-state index < -0.39 is 0 Å². The third-order valence-corrected chi connectivity index (χ3v) is 4.04. The maximum Gasteiger partial charge on any atom is 0.123 e. The molecule has 1 unspecified atom stereocenters. The number of unbranched alkanes of at least 4 members (excludes halogenated alkanes) is 5. The van der Waals surface area contributed by atoms with Crippen LogP contribution in [-0.2, 0) is 0 Å². The molecule has 0 radical (unpaired) electrons. The van der Waals surface area contributed by atoms with Gasteiger partial charge in [0.2, 0.25) is 0 Å². The summed E-state index contributed by atoms with van der Waals surface area (Å²) in [6.45, 7) is 6.44. The molecule has 1 atom stereocenters. The molecule has 0 aromatic heterocycles. The Morgan fingerprint density at radius 2 is 1.76 bits per heavy atom. The van der Waals surface area contributed by atoms with Crippen molar-refractivity contribution in [2.75, 3.05) is 13.1 Å². The number of nitrogens with one attached hydrogen (secondary N) is 1. The predicted octanol–water partition coefficient (Wildman–Crippen LogP) is 5.66. The van der Waals surface area contributed by atoms with Crippen LogP contribution in [0.4, 0.5) is 4.39 Å². The van der Waals surface area contributed by atoms with Crippen molar-refractivity contribution in [2.24, 2.45) is 0 Å². The van der Waals surface area contributed by atoms with Crippen LogP contribution in [-0.4, -0.2) is 13.1 Å². The van der Waals surface area contributed by atoms with Gasteiger partial charge < -0.3 is 5.32 Å². The molecule has 1 aromatic carbocycles. The minimum atomic E-state index is -0.115. The van der Waals surface area contributed by atoms with Crippen molar-refractivity contribution < 1.29 is 4.39 Å². The monoisotopic (exact) mass is 293 g/mol. The Morgan fingerprint density at radius 3 is 2.48 bits per heavy atom. The van der Waals surface area contributed by atoms with Crippen LogP contribution in [0.1, 0.15) is 76.7 Å². The van der Waals surface area contributed by atoms with Gasteiger partial charge >= 0.3 is 0 Å². The molecule has 1 rings (SSSR count). The number of halogens is 1. The Bertz CT molecular complexity index is 364. The van der Waals surface area contributed by atoms with Gasteiger partial charge in [-0.15, -0.1) is 0 Å². The van der Waals surface area contributed by atoms with Gasteiger partial charge in [-0.1, -0.05) is 64.5 Å². The van der Waals surface area contributed by atoms with Gasteiger partial charge in [0.15, 0.2) is 0 Å². The summed E-state index contributed by atoms with van der Waals surface area (Å²) in [6.07, 6.45) is 10.2. The summed E-state index contributed by atoms with van der Waals surface area (Å²) in [7, 11) is 0. The van der Waals surface area contributed by atoms with Crippen LogP contribution in [0, 0.1) is 5.82 Å². The van der Waals surface area contributed by atoms with Crippen LogP contribution >= 0.6 is 0 Å². The first kappa shape index (κ1) is 18.2. The maximum atomic E-state index is 13.4. The molecule has 0 saturated carbocycles. The molecule has 0 saturated heterocycles. The lowest BCUT2D eigenvalue weighted by atomic mass is 9.92. The molecule has 0 amide bonds. The van der Waals surface area contributed by atoms with E-state index in [0.29, 0.717) is 5.92 Å². The third-order valence-electron chi connectivity index (χ3n) is 4.04. The van der Waals surface area contributed by atoms with E-state index in [2.05, 4.69) is 25.2 Å². The summed E-state index contributed by atoms with van der Waals surface area (Å²) in [5.74, 6) is 0.328. The Labute approximate surface area is 130 Å². The fourth-order valence-electron chi connectivity index (χ4n) is 2.77. The van der Waals surface area contributed by atoms with Crippen LogP contribution in [0.2, 0.25) is 0 Å². The summed E-state index contributed by atoms with van der Waals surface area (Å²) < 4.78 is 13.4. The number of hydrogen-bond acceptors (Lipinski definition) is 1. The molecule has 1 N–H and O–H groups in total. The average Bonchev–Trinajstić information content (AvgIpc) is 2.49. The molecule has 0 aliphatic carbocycles. The van der Waals surface area contributed by atoms with Crippen LogP contribution in [0.25, 0.3) is 0 Å². The van der Waals surface area contributed by atoms with Crippen molar-refractivity contribution in [1.82, 2.24) is 5.32 Å². The Balaban J connectivity index is 2.41. The quantitative estimate of drug-likeness (QED) is 0.490. The van der Waals surface area contributed by atoms with Crippen LogP contribution < -0.4 is 5.32 Å². The van der Waals surface area contributed by atoms with Crippen molar-refractivity contribution in [3.05, 3.63) is 35.6 Å². The second kappa shape index (κ2) is 11.7. The van der Waals surface area contributed by atoms with Gasteiger partial charge in [0.25, 0.3) is 0 Å². The van der Waals surface area contributed by atoms with Crippen LogP contribution in [0.3, 0.4) is 0 Å². The van der Waals surface area contributed by atoms with E-state index >= 15 is 0 Å². The molecular weight excluding hydrogens is 261 g/mol. The van der Waals surface area contributed by atoms with Gasteiger partial charge in [-0.05, 0) is 43.0 Å². The minimum Gasteiger partial charge on any atom is -0.316 e. The van der Waals surface area contributed by atoms with E-state index in [9.17, 15) is 4.39 Å². The Kier molecular flexibility index (Phi) is 10.1. The van der Waals surface area contributed by atoms with Gasteiger partial charge in [-0.25, -0.2) is 4.39 Å². The second-order valence-electron chi connectivity index (χ2n) is 6.01. The smallest absolute Gasteiger partial charge is 0.123 e. The third kappa shape index (κ3) is 8.21. The van der Waals surface area contributed by atoms with Gasteiger partial charge in [0.05, 0.1) is 0 Å². The summed E-state index contributed by atoms with van der Waals surface area (Å²) in [6, 6.07) is 7.14. The molecule has 1 aromatic rings. The highest BCUT2D eigenvalue weighted by molar-refractivity contribution is 5.21. The zero-order valence-electron chi connectivity index (χ0n) is 13.8. The number of rotatable bonds is 12. The highest BCUT2D eigenvalue weighted by Crippen LogP contribution is 2.23. The number of benzene rings is 1. The normalized spacial score (nSPS) is 12.5. The summed E-state index contributed by atoms with van der Waals surface area (Å²) in [4.78, 5) is 0. The molecule has 0 spiro atoms. The number of hydrogen-bond donors (Lipinski definition) is 1. The standard InChI is InChI=1S/C19H32FN/c1-3-5-6-7-8-9-11-18(16-21-14-4-2)17-12-10-13-19(20)15-17/h10,12-13,15,18,21H,3-9,11,14,16H2,1-2H3. The first-order valence-corrected chi connectivity index (χ1v) is 8.74. The van der Waals surface area contributed by atoms with Crippen molar-refractivity contribution in [1.29, 1.82) is 0 Å². The maximum absolute atomic E-state index is 13.4. The van der Waals surface area contributed by atoms with Crippen molar-refractivity contribution in [3.8, 4) is 0 Å². The van der Waals surface area contributed by atoms with E-state index in [-0.39, 0.29) is 5.82 Å². The van der Waals surface area contributed by atoms with E-state index in [4.69, 9.17) is 0 Å². The molecule has 0 heterocycles. The van der Waals surface area contributed by atoms with Crippen LogP contribution in [0.15, 0.2) is 24.3 Å². The molecule has 2 heteroatoms. The summed E-state index contributed by atoms with van der Waals surface area (Å²) in [5, 5.41) is 3.49. The summed E-state index contributed by atoms with van der Waals surface area (Å²) in [5.41, 5.74) is 1.15. The first-order chi connectivity index (χ1) is 10.3. The average molecular weight is 293 g/mol. The molecular formula is C19H32FN.